The summed E-state index contributed by atoms with van der Waals surface area (Å²) in [5.41, 5.74) is 2.97. The standard InChI is InChI=1S/C23H23NO6/c1-28-19-11-14(12-20(29-2)21(19)30-3)22(25)24-17-7-5-4-6-15(17)16-10-13(23(26)27)8-9-18(16)24/h4-7,11-13H,8-10H2,1-3H3,(H,26,27). The van der Waals surface area contributed by atoms with E-state index in [-0.39, 0.29) is 5.91 Å². The van der Waals surface area contributed by atoms with E-state index in [9.17, 15) is 14.7 Å². The first-order chi connectivity index (χ1) is 14.5. The minimum atomic E-state index is -0.798. The van der Waals surface area contributed by atoms with Crippen molar-refractivity contribution in [1.29, 1.82) is 0 Å². The fourth-order valence-corrected chi connectivity index (χ4v) is 4.29. The third kappa shape index (κ3) is 3.07. The number of carboxylic acid groups (broad SMARTS) is 1. The highest BCUT2D eigenvalue weighted by molar-refractivity contribution is 6.05. The highest BCUT2D eigenvalue weighted by Gasteiger charge is 2.31. The SMILES string of the molecule is COc1cc(C(=O)n2c3c(c4ccccc42)CC(C(=O)O)CC3)cc(OC)c1OC. The van der Waals surface area contributed by atoms with Crippen LogP contribution in [0, 0.1) is 5.92 Å². The molecular formula is C23H23NO6. The molecule has 1 N–H and O–H groups in total. The maximum absolute atomic E-state index is 13.6. The predicted octanol–water partition coefficient (Wildman–Crippen LogP) is 3.55. The molecule has 0 fully saturated rings. The van der Waals surface area contributed by atoms with E-state index < -0.39 is 11.9 Å². The molecule has 0 aliphatic heterocycles. The van der Waals surface area contributed by atoms with Gasteiger partial charge in [0.2, 0.25) is 5.75 Å². The summed E-state index contributed by atoms with van der Waals surface area (Å²) in [7, 11) is 4.52. The van der Waals surface area contributed by atoms with Gasteiger partial charge in [0, 0.05) is 16.6 Å². The van der Waals surface area contributed by atoms with Gasteiger partial charge in [-0.1, -0.05) is 18.2 Å². The number of rotatable bonds is 5. The Morgan fingerprint density at radius 2 is 1.70 bits per heavy atom. The monoisotopic (exact) mass is 409 g/mol. The summed E-state index contributed by atoms with van der Waals surface area (Å²) >= 11 is 0. The largest absolute Gasteiger partial charge is 0.493 e. The molecule has 0 radical (unpaired) electrons. The van der Waals surface area contributed by atoms with Gasteiger partial charge in [0.05, 0.1) is 32.8 Å². The normalized spacial score (nSPS) is 15.5. The topological polar surface area (TPSA) is 87.0 Å². The minimum absolute atomic E-state index is 0.222. The van der Waals surface area contributed by atoms with Gasteiger partial charge < -0.3 is 19.3 Å². The van der Waals surface area contributed by atoms with Crippen molar-refractivity contribution >= 4 is 22.8 Å². The van der Waals surface area contributed by atoms with Crippen LogP contribution >= 0.6 is 0 Å². The summed E-state index contributed by atoms with van der Waals surface area (Å²) in [6, 6.07) is 10.9. The van der Waals surface area contributed by atoms with Gasteiger partial charge in [0.1, 0.15) is 0 Å². The van der Waals surface area contributed by atoms with Crippen molar-refractivity contribution in [2.75, 3.05) is 21.3 Å². The number of nitrogens with zero attached hydrogens (tertiary/aromatic N) is 1. The van der Waals surface area contributed by atoms with E-state index in [0.29, 0.717) is 42.1 Å². The Bertz CT molecular complexity index is 1120. The average Bonchev–Trinajstić information content (AvgIpc) is 3.11. The van der Waals surface area contributed by atoms with Gasteiger partial charge in [-0.25, -0.2) is 0 Å². The van der Waals surface area contributed by atoms with Crippen LogP contribution in [0.5, 0.6) is 17.2 Å². The number of aromatic nitrogens is 1. The zero-order chi connectivity index (χ0) is 21.4. The Morgan fingerprint density at radius 1 is 1.03 bits per heavy atom. The van der Waals surface area contributed by atoms with E-state index >= 15 is 0 Å². The molecule has 0 spiro atoms. The maximum atomic E-state index is 13.6. The Hall–Kier alpha value is -3.48. The number of para-hydroxylation sites is 1. The van der Waals surface area contributed by atoms with Crippen LogP contribution in [0.4, 0.5) is 0 Å². The fraction of sp³-hybridized carbons (Fsp3) is 0.304. The number of hydrogen-bond acceptors (Lipinski definition) is 5. The summed E-state index contributed by atoms with van der Waals surface area (Å²) in [5, 5.41) is 10.4. The van der Waals surface area contributed by atoms with Gasteiger partial charge in [0.15, 0.2) is 11.5 Å². The second kappa shape index (κ2) is 7.74. The molecular weight excluding hydrogens is 386 g/mol. The molecule has 7 heteroatoms. The van der Waals surface area contributed by atoms with Crippen LogP contribution in [0.3, 0.4) is 0 Å². The highest BCUT2D eigenvalue weighted by Crippen LogP contribution is 2.40. The number of fused-ring (bicyclic) bond motifs is 3. The van der Waals surface area contributed by atoms with E-state index in [4.69, 9.17) is 14.2 Å². The number of hydrogen-bond donors (Lipinski definition) is 1. The van der Waals surface area contributed by atoms with Crippen molar-refractivity contribution in [3.05, 3.63) is 53.2 Å². The third-order valence-electron chi connectivity index (χ3n) is 5.73. The van der Waals surface area contributed by atoms with Crippen molar-refractivity contribution in [3.63, 3.8) is 0 Å². The lowest BCUT2D eigenvalue weighted by Gasteiger charge is -2.21. The first-order valence-electron chi connectivity index (χ1n) is 9.68. The van der Waals surface area contributed by atoms with Crippen LogP contribution in [0.25, 0.3) is 10.9 Å². The Morgan fingerprint density at radius 3 is 2.30 bits per heavy atom. The first kappa shape index (κ1) is 19.8. The van der Waals surface area contributed by atoms with Crippen LogP contribution in [0.1, 0.15) is 28.0 Å². The number of carboxylic acids is 1. The Kier molecular flexibility index (Phi) is 5.11. The van der Waals surface area contributed by atoms with Crippen molar-refractivity contribution in [3.8, 4) is 17.2 Å². The molecule has 0 amide bonds. The molecule has 0 saturated carbocycles. The summed E-state index contributed by atoms with van der Waals surface area (Å²) in [6.45, 7) is 0. The Labute approximate surface area is 173 Å². The summed E-state index contributed by atoms with van der Waals surface area (Å²) in [5.74, 6) is -0.241. The number of aliphatic carboxylic acids is 1. The molecule has 2 aromatic carbocycles. The molecule has 3 aromatic rings. The lowest BCUT2D eigenvalue weighted by molar-refractivity contribution is -0.142. The predicted molar refractivity (Wildman–Crippen MR) is 111 cm³/mol. The van der Waals surface area contributed by atoms with Gasteiger partial charge in [-0.2, -0.15) is 0 Å². The third-order valence-corrected chi connectivity index (χ3v) is 5.73. The number of ether oxygens (including phenoxy) is 3. The molecule has 1 unspecified atom stereocenters. The molecule has 156 valence electrons. The number of carbonyl (C=O) groups is 2. The number of benzene rings is 2. The molecule has 1 atom stereocenters. The van der Waals surface area contributed by atoms with Gasteiger partial charge >= 0.3 is 5.97 Å². The molecule has 1 heterocycles. The zero-order valence-corrected chi connectivity index (χ0v) is 17.1. The molecule has 1 aliphatic carbocycles. The number of carbonyl (C=O) groups excluding carboxylic acids is 1. The number of methoxy groups -OCH3 is 3. The van der Waals surface area contributed by atoms with E-state index in [1.807, 2.05) is 24.3 Å². The van der Waals surface area contributed by atoms with E-state index in [1.165, 1.54) is 21.3 Å². The van der Waals surface area contributed by atoms with Crippen LogP contribution < -0.4 is 14.2 Å². The van der Waals surface area contributed by atoms with Crippen molar-refractivity contribution in [2.24, 2.45) is 5.92 Å². The molecule has 30 heavy (non-hydrogen) atoms. The van der Waals surface area contributed by atoms with E-state index in [1.54, 1.807) is 16.7 Å². The summed E-state index contributed by atoms with van der Waals surface area (Å²) in [6.07, 6.45) is 1.44. The molecule has 1 aromatic heterocycles. The minimum Gasteiger partial charge on any atom is -0.493 e. The smallest absolute Gasteiger partial charge is 0.306 e. The van der Waals surface area contributed by atoms with Gasteiger partial charge in [-0.15, -0.1) is 0 Å². The molecule has 4 rings (SSSR count). The first-order valence-corrected chi connectivity index (χ1v) is 9.68. The van der Waals surface area contributed by atoms with E-state index in [0.717, 1.165) is 22.2 Å². The van der Waals surface area contributed by atoms with Crippen molar-refractivity contribution < 1.29 is 28.9 Å². The van der Waals surface area contributed by atoms with Crippen LogP contribution in [0.15, 0.2) is 36.4 Å². The molecule has 7 nitrogen and oxygen atoms in total. The van der Waals surface area contributed by atoms with Gasteiger partial charge in [-0.05, 0) is 43.0 Å². The highest BCUT2D eigenvalue weighted by atomic mass is 16.5. The second-order valence-corrected chi connectivity index (χ2v) is 7.27. The van der Waals surface area contributed by atoms with E-state index in [2.05, 4.69) is 0 Å². The van der Waals surface area contributed by atoms with Crippen molar-refractivity contribution in [1.82, 2.24) is 4.57 Å². The molecule has 0 bridgehead atoms. The Balaban J connectivity index is 1.89. The second-order valence-electron chi connectivity index (χ2n) is 7.27. The average molecular weight is 409 g/mol. The molecule has 1 aliphatic rings. The molecule has 0 saturated heterocycles. The lowest BCUT2D eigenvalue weighted by atomic mass is 9.86. The fourth-order valence-electron chi connectivity index (χ4n) is 4.29. The quantitative estimate of drug-likeness (QED) is 0.694. The van der Waals surface area contributed by atoms with Crippen LogP contribution in [-0.2, 0) is 17.6 Å². The van der Waals surface area contributed by atoms with Crippen LogP contribution in [0.2, 0.25) is 0 Å². The van der Waals surface area contributed by atoms with Crippen LogP contribution in [-0.4, -0.2) is 42.9 Å². The van der Waals surface area contributed by atoms with Gasteiger partial charge in [-0.3, -0.25) is 14.2 Å². The zero-order valence-electron chi connectivity index (χ0n) is 17.1. The maximum Gasteiger partial charge on any atom is 0.306 e. The summed E-state index contributed by atoms with van der Waals surface area (Å²) < 4.78 is 17.8. The lowest BCUT2D eigenvalue weighted by Crippen LogP contribution is -2.24. The van der Waals surface area contributed by atoms with Gasteiger partial charge in [0.25, 0.3) is 5.91 Å². The summed E-state index contributed by atoms with van der Waals surface area (Å²) in [4.78, 5) is 25.2. The van der Waals surface area contributed by atoms with Crippen molar-refractivity contribution in [2.45, 2.75) is 19.3 Å².